The zero-order chi connectivity index (χ0) is 18.9. The summed E-state index contributed by atoms with van der Waals surface area (Å²) in [5, 5.41) is 3.65. The van der Waals surface area contributed by atoms with Crippen LogP contribution in [0.25, 0.3) is 10.2 Å². The van der Waals surface area contributed by atoms with Crippen LogP contribution in [-0.2, 0) is 14.6 Å². The molecule has 1 fully saturated rings. The van der Waals surface area contributed by atoms with Gasteiger partial charge < -0.3 is 4.90 Å². The van der Waals surface area contributed by atoms with Gasteiger partial charge in [-0.15, -0.1) is 11.3 Å². The molecule has 0 saturated carbocycles. The number of amides is 1. The van der Waals surface area contributed by atoms with E-state index in [-0.39, 0.29) is 29.2 Å². The smallest absolute Gasteiger partial charge is 0.237 e. The van der Waals surface area contributed by atoms with E-state index in [4.69, 9.17) is 0 Å². The average molecular weight is 420 g/mol. The first-order valence-corrected chi connectivity index (χ1v) is 12.1. The summed E-state index contributed by atoms with van der Waals surface area (Å²) in [7, 11) is -3.09. The number of aromatic nitrogens is 2. The van der Waals surface area contributed by atoms with Gasteiger partial charge in [0.2, 0.25) is 5.91 Å². The lowest BCUT2D eigenvalue weighted by atomic mass is 10.2. The van der Waals surface area contributed by atoms with Crippen LogP contribution in [0.3, 0.4) is 0 Å². The van der Waals surface area contributed by atoms with Crippen molar-refractivity contribution in [2.24, 2.45) is 0 Å². The molecule has 1 aliphatic rings. The second-order valence-electron chi connectivity index (χ2n) is 6.26. The predicted molar refractivity (Wildman–Crippen MR) is 109 cm³/mol. The predicted octanol–water partition coefficient (Wildman–Crippen LogP) is 3.00. The first-order chi connectivity index (χ1) is 13.0. The van der Waals surface area contributed by atoms with Gasteiger partial charge in [-0.25, -0.2) is 18.4 Å². The maximum atomic E-state index is 13.1. The lowest BCUT2D eigenvalue weighted by Gasteiger charge is -2.28. The van der Waals surface area contributed by atoms with Gasteiger partial charge in [-0.1, -0.05) is 30.0 Å². The minimum absolute atomic E-state index is 0.0145. The molecule has 0 bridgehead atoms. The third kappa shape index (κ3) is 3.99. The number of anilines is 1. The Morgan fingerprint density at radius 2 is 2.04 bits per heavy atom. The van der Waals surface area contributed by atoms with Crippen LogP contribution in [0, 0.1) is 0 Å². The average Bonchev–Trinajstić information content (AvgIpc) is 3.27. The Morgan fingerprint density at radius 3 is 2.78 bits per heavy atom. The Hall–Kier alpha value is -1.97. The molecular weight excluding hydrogens is 402 g/mol. The number of carbonyl (C=O) groups is 1. The Kier molecular flexibility index (Phi) is 5.16. The number of fused-ring (bicyclic) bond motifs is 1. The minimum Gasteiger partial charge on any atom is -0.308 e. The number of nitrogens with zero attached hydrogens (tertiary/aromatic N) is 3. The third-order valence-corrected chi connectivity index (χ3v) is 8.00. The van der Waals surface area contributed by atoms with Crippen LogP contribution in [0.5, 0.6) is 0 Å². The van der Waals surface area contributed by atoms with Crippen molar-refractivity contribution >= 4 is 54.7 Å². The second-order valence-corrected chi connectivity index (χ2v) is 10.4. The zero-order valence-electron chi connectivity index (χ0n) is 14.3. The Labute approximate surface area is 165 Å². The van der Waals surface area contributed by atoms with Gasteiger partial charge in [0.15, 0.2) is 9.84 Å². The van der Waals surface area contributed by atoms with Crippen molar-refractivity contribution in [3.63, 3.8) is 0 Å². The summed E-state index contributed by atoms with van der Waals surface area (Å²) in [6.07, 6.45) is 1.97. The molecule has 1 saturated heterocycles. The van der Waals surface area contributed by atoms with E-state index in [1.54, 1.807) is 4.90 Å². The topological polar surface area (TPSA) is 80.2 Å². The number of carbonyl (C=O) groups excluding carboxylic acids is 1. The van der Waals surface area contributed by atoms with E-state index in [1.807, 2.05) is 41.8 Å². The highest BCUT2D eigenvalue weighted by atomic mass is 32.2. The molecule has 3 heterocycles. The Morgan fingerprint density at radius 1 is 1.22 bits per heavy atom. The van der Waals surface area contributed by atoms with E-state index in [0.29, 0.717) is 6.42 Å². The number of hydrogen-bond acceptors (Lipinski definition) is 7. The van der Waals surface area contributed by atoms with Gasteiger partial charge in [0.05, 0.1) is 23.3 Å². The quantitative estimate of drug-likeness (QED) is 0.467. The monoisotopic (exact) mass is 419 g/mol. The highest BCUT2D eigenvalue weighted by Gasteiger charge is 2.35. The molecule has 6 nitrogen and oxygen atoms in total. The van der Waals surface area contributed by atoms with Crippen molar-refractivity contribution in [1.29, 1.82) is 0 Å². The number of benzene rings is 1. The number of rotatable bonds is 5. The molecule has 4 rings (SSSR count). The summed E-state index contributed by atoms with van der Waals surface area (Å²) >= 11 is 2.89. The van der Waals surface area contributed by atoms with Crippen LogP contribution < -0.4 is 4.90 Å². The van der Waals surface area contributed by atoms with Crippen molar-refractivity contribution < 1.29 is 13.2 Å². The van der Waals surface area contributed by atoms with E-state index in [0.717, 1.165) is 20.9 Å². The lowest BCUT2D eigenvalue weighted by Crippen LogP contribution is -2.42. The van der Waals surface area contributed by atoms with E-state index in [9.17, 15) is 13.2 Å². The van der Waals surface area contributed by atoms with Crippen molar-refractivity contribution in [2.75, 3.05) is 22.2 Å². The molecule has 27 heavy (non-hydrogen) atoms. The fourth-order valence-corrected chi connectivity index (χ4v) is 6.55. The minimum atomic E-state index is -3.09. The molecule has 0 spiro atoms. The molecule has 0 aliphatic carbocycles. The number of thiophene rings is 1. The molecule has 1 aromatic carbocycles. The highest BCUT2D eigenvalue weighted by molar-refractivity contribution is 8.00. The van der Waals surface area contributed by atoms with Gasteiger partial charge in [-0.2, -0.15) is 0 Å². The fourth-order valence-electron chi connectivity index (χ4n) is 3.21. The van der Waals surface area contributed by atoms with Crippen LogP contribution in [0.15, 0.2) is 53.1 Å². The number of thioether (sulfide) groups is 1. The largest absolute Gasteiger partial charge is 0.308 e. The summed E-state index contributed by atoms with van der Waals surface area (Å²) in [4.78, 5) is 24.1. The standard InChI is InChI=1S/C18H17N3O3S3/c22-16(10-26-18-15-6-8-25-17(15)19-12-20-18)21(13-4-2-1-3-5-13)14-7-9-27(23,24)11-14/h1-6,8,12,14H,7,9-11H2/t14-/m0/s1. The third-order valence-electron chi connectivity index (χ3n) is 4.43. The molecule has 0 radical (unpaired) electrons. The van der Waals surface area contributed by atoms with Crippen LogP contribution in [0.4, 0.5) is 5.69 Å². The summed E-state index contributed by atoms with van der Waals surface area (Å²) in [6.45, 7) is 0. The zero-order valence-corrected chi connectivity index (χ0v) is 16.8. The Balaban J connectivity index is 1.56. The summed E-state index contributed by atoms with van der Waals surface area (Å²) in [5.41, 5.74) is 0.730. The SMILES string of the molecule is O=C(CSc1ncnc2sccc12)N(c1ccccc1)[C@H]1CCS(=O)(=O)C1. The van der Waals surface area contributed by atoms with Gasteiger partial charge >= 0.3 is 0 Å². The number of hydrogen-bond donors (Lipinski definition) is 0. The first kappa shape index (κ1) is 18.4. The van der Waals surface area contributed by atoms with Crippen molar-refractivity contribution in [1.82, 2.24) is 9.97 Å². The van der Waals surface area contributed by atoms with Crippen LogP contribution >= 0.6 is 23.1 Å². The highest BCUT2D eigenvalue weighted by Crippen LogP contribution is 2.30. The molecule has 1 amide bonds. The van der Waals surface area contributed by atoms with Gasteiger partial charge in [0.1, 0.15) is 16.2 Å². The summed E-state index contributed by atoms with van der Waals surface area (Å²) < 4.78 is 23.9. The van der Waals surface area contributed by atoms with Crippen molar-refractivity contribution in [3.05, 3.63) is 48.1 Å². The molecule has 1 aliphatic heterocycles. The molecule has 9 heteroatoms. The van der Waals surface area contributed by atoms with E-state index in [2.05, 4.69) is 9.97 Å². The van der Waals surface area contributed by atoms with Gasteiger partial charge in [-0.3, -0.25) is 4.79 Å². The normalized spacial score (nSPS) is 18.6. The van der Waals surface area contributed by atoms with Crippen LogP contribution in [0.1, 0.15) is 6.42 Å². The molecule has 0 unspecified atom stereocenters. The molecule has 3 aromatic rings. The van der Waals surface area contributed by atoms with Gasteiger partial charge in [-0.05, 0) is 30.0 Å². The first-order valence-electron chi connectivity index (χ1n) is 8.42. The summed E-state index contributed by atoms with van der Waals surface area (Å²) in [5.74, 6) is 0.215. The molecular formula is C18H17N3O3S3. The fraction of sp³-hybridized carbons (Fsp3) is 0.278. The maximum Gasteiger partial charge on any atom is 0.237 e. The van der Waals surface area contributed by atoms with Crippen LogP contribution in [-0.4, -0.2) is 47.6 Å². The van der Waals surface area contributed by atoms with Gasteiger partial charge in [0, 0.05) is 11.1 Å². The molecule has 0 N–H and O–H groups in total. The van der Waals surface area contributed by atoms with Crippen molar-refractivity contribution in [3.8, 4) is 0 Å². The molecule has 1 atom stereocenters. The maximum absolute atomic E-state index is 13.1. The molecule has 140 valence electrons. The summed E-state index contributed by atoms with van der Waals surface area (Å²) in [6, 6.07) is 10.9. The molecule has 2 aromatic heterocycles. The van der Waals surface area contributed by atoms with Crippen molar-refractivity contribution in [2.45, 2.75) is 17.5 Å². The second kappa shape index (κ2) is 7.57. The number of para-hydroxylation sites is 1. The van der Waals surface area contributed by atoms with E-state index in [1.165, 1.54) is 29.4 Å². The van der Waals surface area contributed by atoms with Gasteiger partial charge in [0.25, 0.3) is 0 Å². The van der Waals surface area contributed by atoms with E-state index < -0.39 is 9.84 Å². The lowest BCUT2D eigenvalue weighted by molar-refractivity contribution is -0.116. The number of sulfone groups is 1. The van der Waals surface area contributed by atoms with E-state index >= 15 is 0 Å². The van der Waals surface area contributed by atoms with Crippen LogP contribution in [0.2, 0.25) is 0 Å². The Bertz CT molecular complexity index is 1070.